The van der Waals surface area contributed by atoms with Crippen molar-refractivity contribution in [3.8, 4) is 0 Å². The number of aliphatic imine (C=N–C) groups is 1. The van der Waals surface area contributed by atoms with Crippen LogP contribution < -0.4 is 5.43 Å². The van der Waals surface area contributed by atoms with E-state index in [1.54, 1.807) is 0 Å². The number of fused-ring (bicyclic) bond motifs is 1. The predicted molar refractivity (Wildman–Crippen MR) is 109 cm³/mol. The van der Waals surface area contributed by atoms with Crippen molar-refractivity contribution < 1.29 is 0 Å². The fraction of sp³-hybridized carbons (Fsp3) is 0.0476. The van der Waals surface area contributed by atoms with Crippen LogP contribution in [0.3, 0.4) is 0 Å². The number of hydrogen-bond acceptors (Lipinski definition) is 3. The standard InChI is InChI=1S/C21H15Cl2N3/c1-13-2-4-14(5-3-13)20-18-12-17(23)10-11-19(18)24-21(26-25-20)15-6-8-16(22)9-7-15/h2-12H,1H3,(H,24,26). The number of benzene rings is 3. The molecule has 1 N–H and O–H groups in total. The van der Waals surface area contributed by atoms with Crippen LogP contribution in [0.5, 0.6) is 0 Å². The highest BCUT2D eigenvalue weighted by Gasteiger charge is 2.17. The molecule has 0 atom stereocenters. The number of halogens is 2. The molecule has 3 aromatic carbocycles. The molecule has 0 radical (unpaired) electrons. The number of amidine groups is 1. The first-order chi connectivity index (χ1) is 12.6. The van der Waals surface area contributed by atoms with Crippen LogP contribution in [-0.4, -0.2) is 11.5 Å². The summed E-state index contributed by atoms with van der Waals surface area (Å²) in [6.07, 6.45) is 0. The highest BCUT2D eigenvalue weighted by Crippen LogP contribution is 2.28. The van der Waals surface area contributed by atoms with Gasteiger partial charge in [0.25, 0.3) is 0 Å². The van der Waals surface area contributed by atoms with E-state index in [1.807, 2.05) is 54.6 Å². The van der Waals surface area contributed by atoms with Crippen LogP contribution in [0, 0.1) is 6.92 Å². The number of nitrogens with zero attached hydrogens (tertiary/aromatic N) is 2. The number of aryl methyl sites for hydroxylation is 1. The average molecular weight is 380 g/mol. The van der Waals surface area contributed by atoms with Gasteiger partial charge in [0.05, 0.1) is 5.69 Å². The van der Waals surface area contributed by atoms with Crippen molar-refractivity contribution >= 4 is 40.4 Å². The van der Waals surface area contributed by atoms with Crippen LogP contribution >= 0.6 is 23.2 Å². The summed E-state index contributed by atoms with van der Waals surface area (Å²) in [5.74, 6) is 0.660. The van der Waals surface area contributed by atoms with Gasteiger partial charge in [-0.05, 0) is 49.4 Å². The second-order valence-electron chi connectivity index (χ2n) is 6.07. The Bertz CT molecular complexity index is 1020. The first-order valence-corrected chi connectivity index (χ1v) is 8.91. The van der Waals surface area contributed by atoms with Crippen LogP contribution in [0.15, 0.2) is 76.8 Å². The fourth-order valence-electron chi connectivity index (χ4n) is 2.78. The van der Waals surface area contributed by atoms with Crippen molar-refractivity contribution in [1.29, 1.82) is 0 Å². The molecular weight excluding hydrogens is 365 g/mol. The number of nitrogens with one attached hydrogen (secondary N) is 1. The molecular formula is C21H15Cl2N3. The quantitative estimate of drug-likeness (QED) is 0.605. The van der Waals surface area contributed by atoms with Gasteiger partial charge in [0, 0.05) is 26.7 Å². The molecule has 5 heteroatoms. The first-order valence-electron chi connectivity index (χ1n) is 8.15. The summed E-state index contributed by atoms with van der Waals surface area (Å²) in [5, 5.41) is 5.96. The number of rotatable bonds is 2. The van der Waals surface area contributed by atoms with Gasteiger partial charge in [0.1, 0.15) is 5.71 Å². The van der Waals surface area contributed by atoms with E-state index < -0.39 is 0 Å². The summed E-state index contributed by atoms with van der Waals surface area (Å²) in [5.41, 5.74) is 8.70. The smallest absolute Gasteiger partial charge is 0.154 e. The number of hydrogen-bond donors (Lipinski definition) is 1. The highest BCUT2D eigenvalue weighted by atomic mass is 35.5. The minimum Gasteiger partial charge on any atom is -0.260 e. The second-order valence-corrected chi connectivity index (χ2v) is 6.94. The zero-order valence-corrected chi connectivity index (χ0v) is 15.5. The molecule has 1 aliphatic heterocycles. The van der Waals surface area contributed by atoms with E-state index in [2.05, 4.69) is 29.6 Å². The molecule has 3 aromatic rings. The SMILES string of the molecule is Cc1ccc(C2=NNC(c3ccc(Cl)cc3)=Nc3ccc(Cl)cc32)cc1. The zero-order valence-electron chi connectivity index (χ0n) is 14.0. The van der Waals surface area contributed by atoms with E-state index in [1.165, 1.54) is 5.56 Å². The molecule has 0 amide bonds. The molecule has 26 heavy (non-hydrogen) atoms. The lowest BCUT2D eigenvalue weighted by Crippen LogP contribution is -2.19. The van der Waals surface area contributed by atoms with Crippen LogP contribution in [-0.2, 0) is 0 Å². The summed E-state index contributed by atoms with van der Waals surface area (Å²) in [4.78, 5) is 4.76. The zero-order chi connectivity index (χ0) is 18.1. The molecule has 4 rings (SSSR count). The Hall–Kier alpha value is -2.62. The molecule has 0 fully saturated rings. The summed E-state index contributed by atoms with van der Waals surface area (Å²) in [7, 11) is 0. The third-order valence-electron chi connectivity index (χ3n) is 4.16. The second kappa shape index (κ2) is 6.94. The molecule has 0 bridgehead atoms. The van der Waals surface area contributed by atoms with E-state index in [-0.39, 0.29) is 0 Å². The van der Waals surface area contributed by atoms with Crippen LogP contribution in [0.4, 0.5) is 5.69 Å². The van der Waals surface area contributed by atoms with Gasteiger partial charge in [0.15, 0.2) is 5.84 Å². The third-order valence-corrected chi connectivity index (χ3v) is 4.65. The third kappa shape index (κ3) is 3.36. The van der Waals surface area contributed by atoms with Gasteiger partial charge in [-0.25, -0.2) is 4.99 Å². The predicted octanol–water partition coefficient (Wildman–Crippen LogP) is 5.74. The van der Waals surface area contributed by atoms with E-state index in [0.29, 0.717) is 15.9 Å². The lowest BCUT2D eigenvalue weighted by atomic mass is 10.00. The molecule has 1 heterocycles. The Kier molecular flexibility index (Phi) is 4.49. The monoisotopic (exact) mass is 379 g/mol. The summed E-state index contributed by atoms with van der Waals surface area (Å²) in [6, 6.07) is 21.4. The minimum atomic E-state index is 0.647. The molecule has 0 spiro atoms. The Morgan fingerprint density at radius 2 is 1.42 bits per heavy atom. The Balaban J connectivity index is 1.85. The highest BCUT2D eigenvalue weighted by molar-refractivity contribution is 6.32. The van der Waals surface area contributed by atoms with Crippen LogP contribution in [0.2, 0.25) is 10.0 Å². The molecule has 0 saturated carbocycles. The Morgan fingerprint density at radius 1 is 0.769 bits per heavy atom. The largest absolute Gasteiger partial charge is 0.260 e. The van der Waals surface area contributed by atoms with Crippen LogP contribution in [0.1, 0.15) is 22.3 Å². The van der Waals surface area contributed by atoms with Gasteiger partial charge in [-0.15, -0.1) is 0 Å². The fourth-order valence-corrected chi connectivity index (χ4v) is 3.08. The molecule has 1 aliphatic rings. The van der Waals surface area contributed by atoms with Gasteiger partial charge in [-0.1, -0.05) is 53.0 Å². The van der Waals surface area contributed by atoms with Crippen molar-refractivity contribution in [3.05, 3.63) is 99.0 Å². The molecule has 0 saturated heterocycles. The van der Waals surface area contributed by atoms with Gasteiger partial charge in [0.2, 0.25) is 0 Å². The maximum Gasteiger partial charge on any atom is 0.154 e. The van der Waals surface area contributed by atoms with Gasteiger partial charge >= 0.3 is 0 Å². The molecule has 0 aromatic heterocycles. The topological polar surface area (TPSA) is 36.8 Å². The Labute approximate surface area is 162 Å². The van der Waals surface area contributed by atoms with E-state index in [9.17, 15) is 0 Å². The van der Waals surface area contributed by atoms with Crippen molar-refractivity contribution in [2.45, 2.75) is 6.92 Å². The van der Waals surface area contributed by atoms with E-state index in [4.69, 9.17) is 28.2 Å². The normalized spacial score (nSPS) is 13.2. The molecule has 128 valence electrons. The van der Waals surface area contributed by atoms with Gasteiger partial charge < -0.3 is 0 Å². The molecule has 0 unspecified atom stereocenters. The van der Waals surface area contributed by atoms with E-state index >= 15 is 0 Å². The van der Waals surface area contributed by atoms with Gasteiger partial charge in [-0.2, -0.15) is 5.10 Å². The minimum absolute atomic E-state index is 0.647. The summed E-state index contributed by atoms with van der Waals surface area (Å²) >= 11 is 12.2. The summed E-state index contributed by atoms with van der Waals surface area (Å²) in [6.45, 7) is 2.06. The Morgan fingerprint density at radius 3 is 2.15 bits per heavy atom. The average Bonchev–Trinajstić information content (AvgIpc) is 2.83. The van der Waals surface area contributed by atoms with Crippen molar-refractivity contribution in [1.82, 2.24) is 5.43 Å². The lowest BCUT2D eigenvalue weighted by molar-refractivity contribution is 1.03. The van der Waals surface area contributed by atoms with Crippen molar-refractivity contribution in [2.24, 2.45) is 10.1 Å². The lowest BCUT2D eigenvalue weighted by Gasteiger charge is -2.08. The van der Waals surface area contributed by atoms with Crippen molar-refractivity contribution in [3.63, 3.8) is 0 Å². The first kappa shape index (κ1) is 16.8. The van der Waals surface area contributed by atoms with Crippen LogP contribution in [0.25, 0.3) is 0 Å². The van der Waals surface area contributed by atoms with E-state index in [0.717, 1.165) is 28.1 Å². The molecule has 0 aliphatic carbocycles. The maximum absolute atomic E-state index is 6.24. The number of hydrazone groups is 1. The molecule has 3 nitrogen and oxygen atoms in total. The maximum atomic E-state index is 6.24. The van der Waals surface area contributed by atoms with Crippen molar-refractivity contribution in [2.75, 3.05) is 0 Å². The summed E-state index contributed by atoms with van der Waals surface area (Å²) < 4.78 is 0. The van der Waals surface area contributed by atoms with Gasteiger partial charge in [-0.3, -0.25) is 5.43 Å².